The number of nitrogens with zero attached hydrogens (tertiary/aromatic N) is 1. The van der Waals surface area contributed by atoms with Crippen molar-refractivity contribution in [3.05, 3.63) is 0 Å². The minimum Gasteiger partial charge on any atom is -0.297 e. The Morgan fingerprint density at radius 1 is 1.07 bits per heavy atom. The van der Waals surface area contributed by atoms with E-state index in [1.54, 1.807) is 0 Å². The number of hydrogen-bond donors (Lipinski definition) is 0. The van der Waals surface area contributed by atoms with Crippen LogP contribution < -0.4 is 0 Å². The highest BCUT2D eigenvalue weighted by Gasteiger charge is 2.53. The van der Waals surface area contributed by atoms with Gasteiger partial charge in [0, 0.05) is 36.9 Å². The van der Waals surface area contributed by atoms with Gasteiger partial charge in [-0.05, 0) is 33.6 Å². The predicted molar refractivity (Wildman–Crippen MR) is 57.2 cm³/mol. The molecule has 2 fully saturated rings. The van der Waals surface area contributed by atoms with Crippen molar-refractivity contribution in [2.24, 2.45) is 5.41 Å². The van der Waals surface area contributed by atoms with Gasteiger partial charge in [0.15, 0.2) is 0 Å². The largest absolute Gasteiger partial charge is 0.297 e. The SMILES string of the molecule is CC(C)(C)N1CC2(CCCC(F)(F)C2)C1. The van der Waals surface area contributed by atoms with Gasteiger partial charge in [-0.1, -0.05) is 0 Å². The highest BCUT2D eigenvalue weighted by atomic mass is 19.3. The van der Waals surface area contributed by atoms with E-state index >= 15 is 0 Å². The van der Waals surface area contributed by atoms with Crippen LogP contribution in [0, 0.1) is 5.41 Å². The zero-order chi connectivity index (χ0) is 11.3. The van der Waals surface area contributed by atoms with Crippen LogP contribution >= 0.6 is 0 Å². The first-order valence-corrected chi connectivity index (χ1v) is 5.86. The molecule has 0 radical (unpaired) electrons. The van der Waals surface area contributed by atoms with E-state index in [0.717, 1.165) is 19.5 Å². The van der Waals surface area contributed by atoms with Gasteiger partial charge < -0.3 is 0 Å². The highest BCUT2D eigenvalue weighted by Crippen LogP contribution is 2.51. The van der Waals surface area contributed by atoms with Gasteiger partial charge in [0.25, 0.3) is 0 Å². The fourth-order valence-electron chi connectivity index (χ4n) is 2.96. The third-order valence-electron chi connectivity index (χ3n) is 3.88. The van der Waals surface area contributed by atoms with Crippen LogP contribution in [0.25, 0.3) is 0 Å². The quantitative estimate of drug-likeness (QED) is 0.602. The molecule has 0 aromatic heterocycles. The maximum absolute atomic E-state index is 13.3. The minimum atomic E-state index is -2.40. The smallest absolute Gasteiger partial charge is 0.248 e. The summed E-state index contributed by atoms with van der Waals surface area (Å²) in [5, 5.41) is 0. The molecule has 15 heavy (non-hydrogen) atoms. The summed E-state index contributed by atoms with van der Waals surface area (Å²) < 4.78 is 26.7. The summed E-state index contributed by atoms with van der Waals surface area (Å²) in [7, 11) is 0. The number of alkyl halides is 2. The molecular weight excluding hydrogens is 196 g/mol. The molecule has 2 aliphatic rings. The van der Waals surface area contributed by atoms with E-state index in [1.165, 1.54) is 0 Å². The van der Waals surface area contributed by atoms with E-state index in [-0.39, 0.29) is 23.8 Å². The van der Waals surface area contributed by atoms with Gasteiger partial charge in [-0.2, -0.15) is 0 Å². The van der Waals surface area contributed by atoms with Crippen molar-refractivity contribution < 1.29 is 8.78 Å². The predicted octanol–water partition coefficient (Wildman–Crippen LogP) is 3.30. The zero-order valence-corrected chi connectivity index (χ0v) is 9.95. The Balaban J connectivity index is 1.96. The number of likely N-dealkylation sites (tertiary alicyclic amines) is 1. The summed E-state index contributed by atoms with van der Waals surface area (Å²) in [4.78, 5) is 2.31. The highest BCUT2D eigenvalue weighted by molar-refractivity contribution is 5.03. The molecule has 0 aromatic carbocycles. The van der Waals surface area contributed by atoms with E-state index in [1.807, 2.05) is 0 Å². The molecule has 1 aliphatic heterocycles. The Labute approximate surface area is 90.8 Å². The average Bonchev–Trinajstić information content (AvgIpc) is 1.95. The van der Waals surface area contributed by atoms with Gasteiger partial charge in [-0.25, -0.2) is 8.78 Å². The topological polar surface area (TPSA) is 3.24 Å². The number of hydrogen-bond acceptors (Lipinski definition) is 1. The number of halogens is 2. The van der Waals surface area contributed by atoms with Crippen molar-refractivity contribution in [1.82, 2.24) is 4.90 Å². The van der Waals surface area contributed by atoms with E-state index in [2.05, 4.69) is 25.7 Å². The molecule has 88 valence electrons. The van der Waals surface area contributed by atoms with Crippen LogP contribution in [0.3, 0.4) is 0 Å². The fraction of sp³-hybridized carbons (Fsp3) is 1.00. The summed E-state index contributed by atoms with van der Waals surface area (Å²) in [6.07, 6.45) is 1.91. The third kappa shape index (κ3) is 2.17. The summed E-state index contributed by atoms with van der Waals surface area (Å²) >= 11 is 0. The van der Waals surface area contributed by atoms with Crippen LogP contribution in [0.4, 0.5) is 8.78 Å². The normalized spacial score (nSPS) is 30.2. The molecule has 1 saturated heterocycles. The maximum atomic E-state index is 13.3. The second-order valence-corrected chi connectivity index (χ2v) is 6.41. The van der Waals surface area contributed by atoms with E-state index < -0.39 is 5.92 Å². The number of rotatable bonds is 0. The second kappa shape index (κ2) is 3.16. The lowest BCUT2D eigenvalue weighted by Gasteiger charge is -2.58. The van der Waals surface area contributed by atoms with Crippen molar-refractivity contribution in [1.29, 1.82) is 0 Å². The summed E-state index contributed by atoms with van der Waals surface area (Å²) in [5.74, 6) is -2.40. The molecule has 1 saturated carbocycles. The Kier molecular flexibility index (Phi) is 2.38. The molecule has 1 aliphatic carbocycles. The van der Waals surface area contributed by atoms with E-state index in [9.17, 15) is 8.78 Å². The lowest BCUT2D eigenvalue weighted by Crippen LogP contribution is -2.64. The van der Waals surface area contributed by atoms with Gasteiger partial charge in [-0.15, -0.1) is 0 Å². The maximum Gasteiger partial charge on any atom is 0.248 e. The molecule has 0 amide bonds. The fourth-order valence-corrected chi connectivity index (χ4v) is 2.96. The van der Waals surface area contributed by atoms with Gasteiger partial charge in [0.05, 0.1) is 0 Å². The van der Waals surface area contributed by atoms with E-state index in [0.29, 0.717) is 6.42 Å². The second-order valence-electron chi connectivity index (χ2n) is 6.41. The molecule has 0 N–H and O–H groups in total. The Hall–Kier alpha value is -0.180. The molecule has 0 bridgehead atoms. The molecule has 2 rings (SSSR count). The van der Waals surface area contributed by atoms with Crippen LogP contribution in [-0.4, -0.2) is 29.5 Å². The molecule has 1 spiro atoms. The van der Waals surface area contributed by atoms with Crippen LogP contribution in [-0.2, 0) is 0 Å². The minimum absolute atomic E-state index is 0.0605. The lowest BCUT2D eigenvalue weighted by molar-refractivity contribution is -0.153. The first-order chi connectivity index (χ1) is 6.73. The third-order valence-corrected chi connectivity index (χ3v) is 3.88. The Morgan fingerprint density at radius 2 is 1.67 bits per heavy atom. The van der Waals surface area contributed by atoms with Crippen molar-refractivity contribution in [3.8, 4) is 0 Å². The van der Waals surface area contributed by atoms with Crippen LogP contribution in [0.5, 0.6) is 0 Å². The van der Waals surface area contributed by atoms with Crippen LogP contribution in [0.15, 0.2) is 0 Å². The summed E-state index contributed by atoms with van der Waals surface area (Å²) in [6, 6.07) is 0. The first kappa shape index (κ1) is 11.3. The first-order valence-electron chi connectivity index (χ1n) is 5.86. The lowest BCUT2D eigenvalue weighted by atomic mass is 9.66. The average molecular weight is 217 g/mol. The van der Waals surface area contributed by atoms with Crippen molar-refractivity contribution in [3.63, 3.8) is 0 Å². The van der Waals surface area contributed by atoms with Gasteiger partial charge >= 0.3 is 0 Å². The molecule has 0 unspecified atom stereocenters. The molecule has 1 nitrogen and oxygen atoms in total. The molecule has 0 atom stereocenters. The Bertz CT molecular complexity index is 249. The summed E-state index contributed by atoms with van der Waals surface area (Å²) in [6.45, 7) is 8.20. The monoisotopic (exact) mass is 217 g/mol. The molecule has 0 aromatic rings. The molecule has 1 heterocycles. The van der Waals surface area contributed by atoms with E-state index in [4.69, 9.17) is 0 Å². The van der Waals surface area contributed by atoms with Crippen LogP contribution in [0.1, 0.15) is 46.5 Å². The van der Waals surface area contributed by atoms with Crippen molar-refractivity contribution >= 4 is 0 Å². The van der Waals surface area contributed by atoms with Crippen LogP contribution in [0.2, 0.25) is 0 Å². The van der Waals surface area contributed by atoms with Gasteiger partial charge in [0.1, 0.15) is 0 Å². The standard InChI is InChI=1S/C12H21F2N/c1-10(2,3)15-8-11(9-15)5-4-6-12(13,14)7-11/h4-9H2,1-3H3. The van der Waals surface area contributed by atoms with Gasteiger partial charge in [0.2, 0.25) is 5.92 Å². The van der Waals surface area contributed by atoms with Crippen molar-refractivity contribution in [2.75, 3.05) is 13.1 Å². The van der Waals surface area contributed by atoms with Crippen molar-refractivity contribution in [2.45, 2.75) is 57.9 Å². The Morgan fingerprint density at radius 3 is 2.13 bits per heavy atom. The van der Waals surface area contributed by atoms with Gasteiger partial charge in [-0.3, -0.25) is 4.90 Å². The molecule has 3 heteroatoms. The molecular formula is C12H21F2N. The zero-order valence-electron chi connectivity index (χ0n) is 9.95. The summed E-state index contributed by atoms with van der Waals surface area (Å²) in [5.41, 5.74) is 0.0764.